The van der Waals surface area contributed by atoms with E-state index in [0.717, 1.165) is 11.3 Å². The molecule has 2 rings (SSSR count). The number of benzene rings is 2. The van der Waals surface area contributed by atoms with Gasteiger partial charge in [-0.05, 0) is 47.6 Å². The number of nitrogens with zero attached hydrogens (tertiary/aromatic N) is 1. The topological polar surface area (TPSA) is 45.6 Å². The molecule has 2 N–H and O–H groups in total. The Morgan fingerprint density at radius 1 is 1.14 bits per heavy atom. The summed E-state index contributed by atoms with van der Waals surface area (Å²) in [5, 5.41) is 7.67. The number of hydrogen-bond donors (Lipinski definition) is 2. The predicted molar refractivity (Wildman–Crippen MR) is 89.6 cm³/mol. The second-order valence-corrected chi connectivity index (χ2v) is 4.72. The summed E-state index contributed by atoms with van der Waals surface area (Å²) in [6.45, 7) is 0.671. The van der Waals surface area contributed by atoms with Gasteiger partial charge in [0.05, 0.1) is 13.3 Å². The molecule has 0 aromatic heterocycles. The van der Waals surface area contributed by atoms with Crippen LogP contribution in [0.3, 0.4) is 0 Å². The average molecular weight is 299 g/mol. The summed E-state index contributed by atoms with van der Waals surface area (Å²) in [6.07, 6.45) is 1.70. The van der Waals surface area contributed by atoms with E-state index >= 15 is 0 Å². The number of hydrazone groups is 1. The van der Waals surface area contributed by atoms with Crippen LogP contribution in [0, 0.1) is 0 Å². The Labute approximate surface area is 129 Å². The van der Waals surface area contributed by atoms with Crippen molar-refractivity contribution in [2.45, 2.75) is 6.54 Å². The quantitative estimate of drug-likeness (QED) is 0.506. The molecule has 0 aliphatic heterocycles. The van der Waals surface area contributed by atoms with Crippen molar-refractivity contribution in [2.75, 3.05) is 7.11 Å². The lowest BCUT2D eigenvalue weighted by molar-refractivity contribution is 0.415. The highest BCUT2D eigenvalue weighted by molar-refractivity contribution is 7.80. The summed E-state index contributed by atoms with van der Waals surface area (Å²) in [6, 6.07) is 17.7. The van der Waals surface area contributed by atoms with Gasteiger partial charge in [0.2, 0.25) is 0 Å². The van der Waals surface area contributed by atoms with Gasteiger partial charge in [0.25, 0.3) is 0 Å². The van der Waals surface area contributed by atoms with Crippen LogP contribution < -0.4 is 15.5 Å². The third-order valence-corrected chi connectivity index (χ3v) is 3.03. The molecule has 2 aromatic rings. The second kappa shape index (κ2) is 8.01. The van der Waals surface area contributed by atoms with Gasteiger partial charge < -0.3 is 10.1 Å². The summed E-state index contributed by atoms with van der Waals surface area (Å²) < 4.78 is 5.09. The molecular weight excluding hydrogens is 282 g/mol. The monoisotopic (exact) mass is 299 g/mol. The zero-order valence-corrected chi connectivity index (χ0v) is 12.6. The maximum absolute atomic E-state index is 5.15. The SMILES string of the molecule is COc1ccc(C=NNC(=S)NCc2ccccc2)cc1. The first-order chi connectivity index (χ1) is 10.3. The number of rotatable bonds is 5. The van der Waals surface area contributed by atoms with E-state index in [0.29, 0.717) is 11.7 Å². The highest BCUT2D eigenvalue weighted by Crippen LogP contribution is 2.09. The highest BCUT2D eigenvalue weighted by atomic mass is 32.1. The molecule has 0 aliphatic carbocycles. The molecule has 2 aromatic carbocycles. The zero-order valence-electron chi connectivity index (χ0n) is 11.7. The lowest BCUT2D eigenvalue weighted by atomic mass is 10.2. The van der Waals surface area contributed by atoms with Gasteiger partial charge in [-0.2, -0.15) is 5.10 Å². The van der Waals surface area contributed by atoms with Gasteiger partial charge in [-0.3, -0.25) is 5.43 Å². The Kier molecular flexibility index (Phi) is 5.72. The fraction of sp³-hybridized carbons (Fsp3) is 0.125. The molecule has 0 fully saturated rings. The van der Waals surface area contributed by atoms with Crippen LogP contribution in [0.1, 0.15) is 11.1 Å². The fourth-order valence-electron chi connectivity index (χ4n) is 1.67. The summed E-state index contributed by atoms with van der Waals surface area (Å²) in [5.41, 5.74) is 4.92. The van der Waals surface area contributed by atoms with Crippen LogP contribution in [0.5, 0.6) is 5.75 Å². The Bertz CT molecular complexity index is 597. The molecule has 0 amide bonds. The van der Waals surface area contributed by atoms with Crippen LogP contribution in [0.4, 0.5) is 0 Å². The minimum absolute atomic E-state index is 0.489. The van der Waals surface area contributed by atoms with E-state index in [9.17, 15) is 0 Å². The number of ether oxygens (including phenoxy) is 1. The molecule has 0 bridgehead atoms. The second-order valence-electron chi connectivity index (χ2n) is 4.31. The van der Waals surface area contributed by atoms with Crippen molar-refractivity contribution in [3.63, 3.8) is 0 Å². The molecule has 0 saturated carbocycles. The first-order valence-electron chi connectivity index (χ1n) is 6.53. The van der Waals surface area contributed by atoms with Crippen LogP contribution in [-0.2, 0) is 6.54 Å². The molecule has 0 aliphatic rings. The number of thiocarbonyl (C=S) groups is 1. The normalized spacial score (nSPS) is 10.3. The molecule has 0 heterocycles. The Morgan fingerprint density at radius 3 is 2.52 bits per heavy atom. The molecule has 4 nitrogen and oxygen atoms in total. The van der Waals surface area contributed by atoms with Gasteiger partial charge in [0, 0.05) is 6.54 Å². The fourth-order valence-corrected chi connectivity index (χ4v) is 1.80. The van der Waals surface area contributed by atoms with Crippen molar-refractivity contribution >= 4 is 23.5 Å². The van der Waals surface area contributed by atoms with Crippen molar-refractivity contribution < 1.29 is 4.74 Å². The first kappa shape index (κ1) is 15.0. The van der Waals surface area contributed by atoms with Gasteiger partial charge in [-0.15, -0.1) is 0 Å². The molecule has 108 valence electrons. The Balaban J connectivity index is 1.76. The minimum Gasteiger partial charge on any atom is -0.497 e. The zero-order chi connectivity index (χ0) is 14.9. The lowest BCUT2D eigenvalue weighted by Gasteiger charge is -2.06. The predicted octanol–water partition coefficient (Wildman–Crippen LogP) is 2.69. The average Bonchev–Trinajstić information content (AvgIpc) is 2.54. The number of hydrogen-bond acceptors (Lipinski definition) is 3. The van der Waals surface area contributed by atoms with Crippen LogP contribution in [0.25, 0.3) is 0 Å². The molecule has 0 spiro atoms. The molecule has 0 saturated heterocycles. The van der Waals surface area contributed by atoms with Crippen LogP contribution in [0.15, 0.2) is 59.7 Å². The minimum atomic E-state index is 0.489. The smallest absolute Gasteiger partial charge is 0.187 e. The highest BCUT2D eigenvalue weighted by Gasteiger charge is 1.94. The Morgan fingerprint density at radius 2 is 1.86 bits per heavy atom. The van der Waals surface area contributed by atoms with E-state index in [1.807, 2.05) is 54.6 Å². The largest absolute Gasteiger partial charge is 0.497 e. The van der Waals surface area contributed by atoms with Crippen molar-refractivity contribution in [1.29, 1.82) is 0 Å². The maximum atomic E-state index is 5.15. The summed E-state index contributed by atoms with van der Waals surface area (Å²) in [7, 11) is 1.64. The Hall–Kier alpha value is -2.40. The van der Waals surface area contributed by atoms with Gasteiger partial charge in [-0.1, -0.05) is 30.3 Å². The van der Waals surface area contributed by atoms with E-state index in [1.165, 1.54) is 5.56 Å². The van der Waals surface area contributed by atoms with Gasteiger partial charge in [0.15, 0.2) is 5.11 Å². The van der Waals surface area contributed by atoms with Crippen molar-refractivity contribution in [3.8, 4) is 5.75 Å². The van der Waals surface area contributed by atoms with Crippen LogP contribution in [0.2, 0.25) is 0 Å². The molecule has 0 radical (unpaired) electrons. The number of methoxy groups -OCH3 is 1. The van der Waals surface area contributed by atoms with E-state index in [2.05, 4.69) is 15.8 Å². The third kappa shape index (κ3) is 5.24. The molecule has 21 heavy (non-hydrogen) atoms. The van der Waals surface area contributed by atoms with Crippen molar-refractivity contribution in [2.24, 2.45) is 5.10 Å². The van der Waals surface area contributed by atoms with Crippen LogP contribution >= 0.6 is 12.2 Å². The summed E-state index contributed by atoms with van der Waals surface area (Å²) >= 11 is 5.15. The molecule has 0 unspecified atom stereocenters. The first-order valence-corrected chi connectivity index (χ1v) is 6.93. The molecular formula is C16H17N3OS. The maximum Gasteiger partial charge on any atom is 0.187 e. The lowest BCUT2D eigenvalue weighted by Crippen LogP contribution is -2.31. The summed E-state index contributed by atoms with van der Waals surface area (Å²) in [5.74, 6) is 0.820. The van der Waals surface area contributed by atoms with E-state index in [4.69, 9.17) is 17.0 Å². The number of nitrogens with one attached hydrogen (secondary N) is 2. The van der Waals surface area contributed by atoms with Gasteiger partial charge in [-0.25, -0.2) is 0 Å². The molecule has 5 heteroatoms. The standard InChI is InChI=1S/C16H17N3OS/c1-20-15-9-7-14(8-10-15)12-18-19-16(21)17-11-13-5-3-2-4-6-13/h2-10,12H,11H2,1H3,(H2,17,19,21). The van der Waals surface area contributed by atoms with E-state index in [-0.39, 0.29) is 0 Å². The third-order valence-electron chi connectivity index (χ3n) is 2.79. The van der Waals surface area contributed by atoms with E-state index in [1.54, 1.807) is 13.3 Å². The van der Waals surface area contributed by atoms with Crippen LogP contribution in [-0.4, -0.2) is 18.4 Å². The summed E-state index contributed by atoms with van der Waals surface area (Å²) in [4.78, 5) is 0. The van der Waals surface area contributed by atoms with Crippen molar-refractivity contribution in [1.82, 2.24) is 10.7 Å². The van der Waals surface area contributed by atoms with Gasteiger partial charge in [0.1, 0.15) is 5.75 Å². The van der Waals surface area contributed by atoms with Gasteiger partial charge >= 0.3 is 0 Å². The van der Waals surface area contributed by atoms with Crippen molar-refractivity contribution in [3.05, 3.63) is 65.7 Å². The molecule has 0 atom stereocenters. The van der Waals surface area contributed by atoms with E-state index < -0.39 is 0 Å².